The Morgan fingerprint density at radius 3 is 3.10 bits per heavy atom. The predicted molar refractivity (Wildman–Crippen MR) is 74.7 cm³/mol. The molecule has 8 heteroatoms. The van der Waals surface area contributed by atoms with Crippen LogP contribution in [0.1, 0.15) is 0 Å². The monoisotopic (exact) mass is 309 g/mol. The predicted octanol–water partition coefficient (Wildman–Crippen LogP) is 3.37. The van der Waals surface area contributed by atoms with E-state index in [-0.39, 0.29) is 11.7 Å². The number of nitrogens with two attached hydrogens (primary N) is 1. The molecule has 102 valence electrons. The van der Waals surface area contributed by atoms with Gasteiger partial charge in [-0.05, 0) is 18.2 Å². The van der Waals surface area contributed by atoms with E-state index in [1.165, 1.54) is 35.2 Å². The number of primary amides is 1. The molecule has 3 aromatic rings. The Bertz CT molecular complexity index is 784. The van der Waals surface area contributed by atoms with Crippen molar-refractivity contribution in [2.24, 2.45) is 5.73 Å². The second-order valence-corrected chi connectivity index (χ2v) is 5.73. The maximum Gasteiger partial charge on any atom is 0.411 e. The fourth-order valence-corrected chi connectivity index (χ4v) is 3.55. The summed E-state index contributed by atoms with van der Waals surface area (Å²) in [5.74, 6) is -0.107. The number of carbonyl (C=O) groups excluding carboxylic acids is 1. The van der Waals surface area contributed by atoms with Gasteiger partial charge in [0.2, 0.25) is 5.88 Å². The van der Waals surface area contributed by atoms with Gasteiger partial charge >= 0.3 is 6.09 Å². The number of rotatable bonds is 3. The Labute approximate surface area is 121 Å². The van der Waals surface area contributed by atoms with Crippen LogP contribution in [-0.4, -0.2) is 16.1 Å². The number of fused-ring (bicyclic) bond motifs is 1. The Balaban J connectivity index is 2.03. The zero-order chi connectivity index (χ0) is 14.1. The van der Waals surface area contributed by atoms with Gasteiger partial charge in [0.05, 0.1) is 15.1 Å². The average Bonchev–Trinajstić information content (AvgIpc) is 2.93. The third kappa shape index (κ3) is 2.47. The Morgan fingerprint density at radius 1 is 1.50 bits per heavy atom. The van der Waals surface area contributed by atoms with E-state index in [1.54, 1.807) is 17.6 Å². The van der Waals surface area contributed by atoms with E-state index in [2.05, 4.69) is 9.97 Å². The van der Waals surface area contributed by atoms with Crippen LogP contribution in [0.4, 0.5) is 9.18 Å². The number of aromatic amines is 1. The number of nitrogens with zero attached hydrogens (tertiary/aromatic N) is 1. The molecule has 3 rings (SSSR count). The summed E-state index contributed by atoms with van der Waals surface area (Å²) < 4.78 is 19.0. The van der Waals surface area contributed by atoms with E-state index in [0.717, 1.165) is 4.70 Å². The maximum absolute atomic E-state index is 13.2. The summed E-state index contributed by atoms with van der Waals surface area (Å²) in [6, 6.07) is 6.15. The fourth-order valence-electron chi connectivity index (χ4n) is 1.68. The molecule has 2 aromatic heterocycles. The number of thiazole rings is 1. The fraction of sp³-hybridized carbons (Fsp3) is 0. The molecule has 0 unspecified atom stereocenters. The zero-order valence-corrected chi connectivity index (χ0v) is 11.6. The summed E-state index contributed by atoms with van der Waals surface area (Å²) in [6.45, 7) is 0. The number of H-pyrrole nitrogens is 1. The number of hydrogen-bond acceptors (Lipinski definition) is 5. The minimum atomic E-state index is -0.917. The zero-order valence-electron chi connectivity index (χ0n) is 9.92. The van der Waals surface area contributed by atoms with Gasteiger partial charge in [0.1, 0.15) is 5.82 Å². The van der Waals surface area contributed by atoms with E-state index in [1.807, 2.05) is 0 Å². The Kier molecular flexibility index (Phi) is 3.33. The quantitative estimate of drug-likeness (QED) is 0.777. The first-order chi connectivity index (χ1) is 9.63. The second-order valence-electron chi connectivity index (χ2n) is 3.79. The highest BCUT2D eigenvalue weighted by molar-refractivity contribution is 7.99. The molecular formula is C12H8FN3O2S2. The van der Waals surface area contributed by atoms with Crippen LogP contribution in [0.3, 0.4) is 0 Å². The van der Waals surface area contributed by atoms with E-state index in [9.17, 15) is 9.18 Å². The van der Waals surface area contributed by atoms with Crippen LogP contribution in [0.25, 0.3) is 10.3 Å². The minimum absolute atomic E-state index is 0.223. The first-order valence-corrected chi connectivity index (χ1v) is 7.19. The largest absolute Gasteiger partial charge is 0.411 e. The molecule has 1 amide bonds. The average molecular weight is 309 g/mol. The molecule has 0 radical (unpaired) electrons. The molecule has 20 heavy (non-hydrogen) atoms. The van der Waals surface area contributed by atoms with Crippen molar-refractivity contribution in [3.05, 3.63) is 35.6 Å². The van der Waals surface area contributed by atoms with Gasteiger partial charge in [0, 0.05) is 4.90 Å². The molecule has 5 nitrogen and oxygen atoms in total. The molecule has 0 saturated carbocycles. The number of aromatic nitrogens is 2. The van der Waals surface area contributed by atoms with Crippen LogP contribution in [0.5, 0.6) is 5.88 Å². The summed E-state index contributed by atoms with van der Waals surface area (Å²) in [4.78, 5) is 19.2. The van der Waals surface area contributed by atoms with Gasteiger partial charge in [-0.2, -0.15) is 0 Å². The number of nitrogens with one attached hydrogen (secondary N) is 1. The van der Waals surface area contributed by atoms with Gasteiger partial charge in [-0.15, -0.1) is 11.3 Å². The lowest BCUT2D eigenvalue weighted by Crippen LogP contribution is -2.16. The van der Waals surface area contributed by atoms with Crippen LogP contribution in [0.15, 0.2) is 39.6 Å². The van der Waals surface area contributed by atoms with Gasteiger partial charge in [-0.3, -0.25) is 0 Å². The molecule has 0 fully saturated rings. The number of ether oxygens (including phenoxy) is 1. The molecule has 0 aliphatic carbocycles. The Morgan fingerprint density at radius 2 is 2.35 bits per heavy atom. The van der Waals surface area contributed by atoms with Crippen molar-refractivity contribution in [3.8, 4) is 5.88 Å². The molecule has 0 aliphatic heterocycles. The highest BCUT2D eigenvalue weighted by Crippen LogP contribution is 2.42. The normalized spacial score (nSPS) is 10.8. The van der Waals surface area contributed by atoms with Crippen molar-refractivity contribution >= 4 is 39.5 Å². The van der Waals surface area contributed by atoms with Gasteiger partial charge in [0.15, 0.2) is 5.65 Å². The lowest BCUT2D eigenvalue weighted by Gasteiger charge is -2.03. The molecule has 3 N–H and O–H groups in total. The van der Waals surface area contributed by atoms with E-state index in [0.29, 0.717) is 15.4 Å². The SMILES string of the molecule is NC(=O)Oc1[nH]c2ncsc2c1Sc1cccc(F)c1. The Hall–Kier alpha value is -2.06. The van der Waals surface area contributed by atoms with Crippen molar-refractivity contribution in [2.75, 3.05) is 0 Å². The van der Waals surface area contributed by atoms with Crippen LogP contribution in [0.2, 0.25) is 0 Å². The molecule has 2 heterocycles. The number of amides is 1. The maximum atomic E-state index is 13.2. The van der Waals surface area contributed by atoms with Crippen LogP contribution in [0, 0.1) is 5.82 Å². The van der Waals surface area contributed by atoms with Crippen molar-refractivity contribution in [3.63, 3.8) is 0 Å². The molecule has 0 spiro atoms. The van der Waals surface area contributed by atoms with Crippen LogP contribution >= 0.6 is 23.1 Å². The van der Waals surface area contributed by atoms with Gasteiger partial charge in [-0.1, -0.05) is 17.8 Å². The first-order valence-electron chi connectivity index (χ1n) is 5.49. The number of hydrogen-bond donors (Lipinski definition) is 2. The smallest absolute Gasteiger partial charge is 0.392 e. The third-order valence-electron chi connectivity index (χ3n) is 2.43. The number of benzene rings is 1. The molecule has 0 atom stereocenters. The summed E-state index contributed by atoms with van der Waals surface area (Å²) in [6.07, 6.45) is -0.917. The summed E-state index contributed by atoms with van der Waals surface area (Å²) in [7, 11) is 0. The topological polar surface area (TPSA) is 81.0 Å². The van der Waals surface area contributed by atoms with Crippen molar-refractivity contribution in [1.29, 1.82) is 0 Å². The van der Waals surface area contributed by atoms with Gasteiger partial charge in [0.25, 0.3) is 0 Å². The van der Waals surface area contributed by atoms with Crippen molar-refractivity contribution in [1.82, 2.24) is 9.97 Å². The van der Waals surface area contributed by atoms with Crippen LogP contribution in [-0.2, 0) is 0 Å². The number of halogens is 1. The summed E-state index contributed by atoms with van der Waals surface area (Å²) in [5, 5.41) is 0. The molecule has 0 bridgehead atoms. The van der Waals surface area contributed by atoms with Gasteiger partial charge < -0.3 is 15.5 Å². The molecule has 0 saturated heterocycles. The summed E-state index contributed by atoms with van der Waals surface area (Å²) >= 11 is 2.67. The van der Waals surface area contributed by atoms with E-state index < -0.39 is 6.09 Å². The molecule has 0 aliphatic rings. The molecule has 1 aromatic carbocycles. The minimum Gasteiger partial charge on any atom is -0.392 e. The highest BCUT2D eigenvalue weighted by Gasteiger charge is 2.18. The first kappa shape index (κ1) is 12.9. The van der Waals surface area contributed by atoms with Crippen molar-refractivity contribution in [2.45, 2.75) is 9.79 Å². The lowest BCUT2D eigenvalue weighted by molar-refractivity contribution is 0.208. The standard InChI is InChI=1S/C12H8FN3O2S2/c13-6-2-1-3-7(4-6)20-9-8-10(15-5-19-8)16-11(9)18-12(14)17/h1-5,16H,(H2,14,17). The lowest BCUT2D eigenvalue weighted by atomic mass is 10.4. The summed E-state index contributed by atoms with van der Waals surface area (Å²) in [5.41, 5.74) is 7.31. The molecular weight excluding hydrogens is 301 g/mol. The van der Waals surface area contributed by atoms with Crippen LogP contribution < -0.4 is 10.5 Å². The van der Waals surface area contributed by atoms with E-state index >= 15 is 0 Å². The van der Waals surface area contributed by atoms with Gasteiger partial charge in [-0.25, -0.2) is 14.2 Å². The van der Waals surface area contributed by atoms with E-state index in [4.69, 9.17) is 10.5 Å². The van der Waals surface area contributed by atoms with Crippen molar-refractivity contribution < 1.29 is 13.9 Å². The highest BCUT2D eigenvalue weighted by atomic mass is 32.2. The second kappa shape index (κ2) is 5.14. The third-order valence-corrected chi connectivity index (χ3v) is 4.49. The number of carbonyl (C=O) groups is 1.